The minimum Gasteiger partial charge on any atom is -0.365 e. The average Bonchev–Trinajstić information content (AvgIpc) is 3.59. The van der Waals surface area contributed by atoms with E-state index in [0.717, 1.165) is 45.3 Å². The molecule has 182 valence electrons. The molecule has 0 aliphatic heterocycles. The Bertz CT molecular complexity index is 1690. The van der Waals surface area contributed by atoms with Crippen LogP contribution in [-0.2, 0) is 19.6 Å². The first-order chi connectivity index (χ1) is 18.3. The zero-order chi connectivity index (χ0) is 25.0. The molecule has 3 N–H and O–H groups in total. The Morgan fingerprint density at radius 3 is 2.49 bits per heavy atom. The number of anilines is 1. The number of nitrogens with one attached hydrogen (secondary N) is 1. The number of aromatic nitrogens is 7. The van der Waals surface area contributed by atoms with Crippen LogP contribution in [0.3, 0.4) is 0 Å². The Hall–Kier alpha value is -5.19. The van der Waals surface area contributed by atoms with Crippen molar-refractivity contribution in [1.82, 2.24) is 34.5 Å². The van der Waals surface area contributed by atoms with E-state index in [1.54, 1.807) is 24.9 Å². The normalized spacial score (nSPS) is 11.6. The van der Waals surface area contributed by atoms with Crippen LogP contribution < -0.4 is 11.2 Å². The van der Waals surface area contributed by atoms with E-state index >= 15 is 0 Å². The maximum absolute atomic E-state index is 5.20. The Morgan fingerprint density at radius 1 is 0.838 bits per heavy atom. The van der Waals surface area contributed by atoms with E-state index in [4.69, 9.17) is 5.84 Å². The fourth-order valence-corrected chi connectivity index (χ4v) is 4.30. The van der Waals surface area contributed by atoms with Gasteiger partial charge in [0.15, 0.2) is 11.5 Å². The summed E-state index contributed by atoms with van der Waals surface area (Å²) >= 11 is 0. The molecule has 0 atom stereocenters. The average molecular weight is 490 g/mol. The van der Waals surface area contributed by atoms with Crippen molar-refractivity contribution >= 4 is 33.4 Å². The van der Waals surface area contributed by atoms with Crippen LogP contribution in [0.1, 0.15) is 16.7 Å². The van der Waals surface area contributed by atoms with Crippen LogP contribution in [0.4, 0.5) is 11.6 Å². The molecule has 0 aliphatic carbocycles. The predicted molar refractivity (Wildman–Crippen MR) is 140 cm³/mol. The van der Waals surface area contributed by atoms with Crippen molar-refractivity contribution in [2.45, 2.75) is 19.6 Å². The molecule has 37 heavy (non-hydrogen) atoms. The molecule has 0 fully saturated rings. The van der Waals surface area contributed by atoms with Crippen LogP contribution in [0.2, 0.25) is 0 Å². The summed E-state index contributed by atoms with van der Waals surface area (Å²) in [6.45, 7) is 1.94. The van der Waals surface area contributed by atoms with Gasteiger partial charge in [0.2, 0.25) is 0 Å². The minimum atomic E-state index is 0.497. The lowest BCUT2D eigenvalue weighted by atomic mass is 10.1. The molecule has 4 heterocycles. The van der Waals surface area contributed by atoms with E-state index in [9.17, 15) is 0 Å². The maximum atomic E-state index is 5.20. The summed E-state index contributed by atoms with van der Waals surface area (Å²) in [5, 5.41) is 22.3. The standard InChI is InChI=1S/C26H23N11/c27-35-34-25-22-7-6-20(12-21(22)8-10-28-25)13-29-24-23-14-33-37(26(23)31-17-30-24)16-19-4-2-18(3-5-19)15-36-11-1-9-32-36/h1-12,14,17H,13,15-16H2,(H2,27,28,34)(H,29,30,31). The molecule has 0 aliphatic rings. The number of rotatable bonds is 8. The third-order valence-corrected chi connectivity index (χ3v) is 6.11. The second-order valence-electron chi connectivity index (χ2n) is 8.54. The van der Waals surface area contributed by atoms with Gasteiger partial charge < -0.3 is 11.2 Å². The summed E-state index contributed by atoms with van der Waals surface area (Å²) < 4.78 is 3.79. The van der Waals surface area contributed by atoms with Gasteiger partial charge in [-0.2, -0.15) is 10.2 Å². The first-order valence-electron chi connectivity index (χ1n) is 11.7. The van der Waals surface area contributed by atoms with Crippen LogP contribution in [0, 0.1) is 0 Å². The van der Waals surface area contributed by atoms with E-state index < -0.39 is 0 Å². The fraction of sp³-hybridized carbons (Fsp3) is 0.115. The molecule has 0 spiro atoms. The molecule has 6 aromatic rings. The third kappa shape index (κ3) is 4.69. The highest BCUT2D eigenvalue weighted by atomic mass is 15.3. The van der Waals surface area contributed by atoms with Gasteiger partial charge in [-0.1, -0.05) is 41.6 Å². The second kappa shape index (κ2) is 9.82. The second-order valence-corrected chi connectivity index (χ2v) is 8.54. The molecular formula is C26H23N11. The van der Waals surface area contributed by atoms with Crippen molar-refractivity contribution in [2.24, 2.45) is 16.2 Å². The zero-order valence-electron chi connectivity index (χ0n) is 19.8. The van der Waals surface area contributed by atoms with Gasteiger partial charge in [0.25, 0.3) is 0 Å². The van der Waals surface area contributed by atoms with Gasteiger partial charge in [0.05, 0.1) is 24.7 Å². The summed E-state index contributed by atoms with van der Waals surface area (Å²) in [4.78, 5) is 13.2. The molecule has 6 rings (SSSR count). The number of nitrogens with two attached hydrogens (primary N) is 1. The van der Waals surface area contributed by atoms with Gasteiger partial charge in [-0.3, -0.25) is 4.68 Å². The topological polar surface area (TPSA) is 137 Å². The summed E-state index contributed by atoms with van der Waals surface area (Å²) in [6.07, 6.45) is 8.80. The molecular weight excluding hydrogens is 466 g/mol. The number of benzene rings is 2. The molecule has 11 nitrogen and oxygen atoms in total. The molecule has 4 aromatic heterocycles. The molecule has 2 aromatic carbocycles. The smallest absolute Gasteiger partial charge is 0.184 e. The summed E-state index contributed by atoms with van der Waals surface area (Å²) in [7, 11) is 0. The van der Waals surface area contributed by atoms with Crippen LogP contribution in [0.5, 0.6) is 0 Å². The zero-order valence-corrected chi connectivity index (χ0v) is 19.8. The number of fused-ring (bicyclic) bond motifs is 2. The Labute approximate surface area is 211 Å². The monoisotopic (exact) mass is 489 g/mol. The fourth-order valence-electron chi connectivity index (χ4n) is 4.30. The largest absolute Gasteiger partial charge is 0.365 e. The van der Waals surface area contributed by atoms with E-state index in [-0.39, 0.29) is 0 Å². The molecule has 0 amide bonds. The minimum absolute atomic E-state index is 0.497. The Kier molecular flexibility index (Phi) is 5.91. The van der Waals surface area contributed by atoms with Gasteiger partial charge in [0, 0.05) is 30.5 Å². The van der Waals surface area contributed by atoms with Crippen LogP contribution >= 0.6 is 0 Å². The highest BCUT2D eigenvalue weighted by Crippen LogP contribution is 2.25. The molecule has 0 bridgehead atoms. The quantitative estimate of drug-likeness (QED) is 0.185. The molecule has 0 unspecified atom stereocenters. The highest BCUT2D eigenvalue weighted by molar-refractivity contribution is 5.91. The van der Waals surface area contributed by atoms with E-state index in [0.29, 0.717) is 18.9 Å². The SMILES string of the molecule is NN=Nc1nccc2cc(CNc3ncnc4c3cnn4Cc3ccc(Cn4cccn4)cc3)ccc12. The lowest BCUT2D eigenvalue weighted by molar-refractivity contribution is 0.683. The van der Waals surface area contributed by atoms with Crippen molar-refractivity contribution in [3.05, 3.63) is 102 Å². The van der Waals surface area contributed by atoms with Crippen LogP contribution in [0.25, 0.3) is 21.8 Å². The number of nitrogens with zero attached hydrogens (tertiary/aromatic N) is 9. The van der Waals surface area contributed by atoms with Gasteiger partial charge in [-0.25, -0.2) is 19.6 Å². The number of hydrogen-bond acceptors (Lipinski definition) is 8. The van der Waals surface area contributed by atoms with E-state index in [2.05, 4.69) is 71.1 Å². The van der Waals surface area contributed by atoms with Crippen molar-refractivity contribution in [1.29, 1.82) is 0 Å². The summed E-state index contributed by atoms with van der Waals surface area (Å²) in [5.74, 6) is 6.43. The molecule has 11 heteroatoms. The van der Waals surface area contributed by atoms with Crippen molar-refractivity contribution in [3.8, 4) is 0 Å². The number of hydrogen-bond donors (Lipinski definition) is 2. The summed E-state index contributed by atoms with van der Waals surface area (Å²) in [5.41, 5.74) is 4.20. The lowest BCUT2D eigenvalue weighted by Crippen LogP contribution is -2.05. The first kappa shape index (κ1) is 22.3. The highest BCUT2D eigenvalue weighted by Gasteiger charge is 2.11. The van der Waals surface area contributed by atoms with Crippen molar-refractivity contribution in [3.63, 3.8) is 0 Å². The maximum Gasteiger partial charge on any atom is 0.184 e. The van der Waals surface area contributed by atoms with Crippen LogP contribution in [0.15, 0.2) is 96.0 Å². The number of pyridine rings is 1. The molecule has 0 saturated carbocycles. The van der Waals surface area contributed by atoms with Gasteiger partial charge in [-0.15, -0.1) is 5.11 Å². The van der Waals surface area contributed by atoms with Crippen LogP contribution in [-0.4, -0.2) is 34.5 Å². The Balaban J connectivity index is 1.17. The van der Waals surface area contributed by atoms with E-state index in [1.165, 1.54) is 5.56 Å². The first-order valence-corrected chi connectivity index (χ1v) is 11.7. The van der Waals surface area contributed by atoms with E-state index in [1.807, 2.05) is 39.8 Å². The lowest BCUT2D eigenvalue weighted by Gasteiger charge is -2.09. The van der Waals surface area contributed by atoms with Crippen molar-refractivity contribution < 1.29 is 0 Å². The van der Waals surface area contributed by atoms with Gasteiger partial charge in [-0.05, 0) is 40.3 Å². The third-order valence-electron chi connectivity index (χ3n) is 6.11. The molecule has 0 saturated heterocycles. The summed E-state index contributed by atoms with van der Waals surface area (Å²) in [6, 6.07) is 18.4. The molecule has 0 radical (unpaired) electrons. The van der Waals surface area contributed by atoms with Crippen molar-refractivity contribution in [2.75, 3.05) is 5.32 Å². The Morgan fingerprint density at radius 2 is 1.68 bits per heavy atom. The predicted octanol–water partition coefficient (Wildman–Crippen LogP) is 4.24. The van der Waals surface area contributed by atoms with Gasteiger partial charge >= 0.3 is 0 Å². The van der Waals surface area contributed by atoms with Gasteiger partial charge in [0.1, 0.15) is 12.1 Å².